The summed E-state index contributed by atoms with van der Waals surface area (Å²) in [6.07, 6.45) is 0. The molecule has 2 rings (SSSR count). The van der Waals surface area contributed by atoms with Crippen LogP contribution in [0.4, 0.5) is 10.5 Å². The number of nitrogens with zero attached hydrogens (tertiary/aromatic N) is 2. The average molecular weight is 312 g/mol. The van der Waals surface area contributed by atoms with Crippen LogP contribution in [0.2, 0.25) is 5.02 Å². The number of rotatable bonds is 2. The molecule has 1 aliphatic heterocycles. The van der Waals surface area contributed by atoms with E-state index in [9.17, 15) is 14.4 Å². The van der Waals surface area contributed by atoms with Crippen LogP contribution in [0.15, 0.2) is 18.2 Å². The molecule has 1 aliphatic rings. The second kappa shape index (κ2) is 6.01. The van der Waals surface area contributed by atoms with Gasteiger partial charge in [-0.1, -0.05) is 11.6 Å². The number of carbonyl (C=O) groups is 3. The van der Waals surface area contributed by atoms with E-state index in [1.807, 2.05) is 0 Å². The highest BCUT2D eigenvalue weighted by Crippen LogP contribution is 2.23. The van der Waals surface area contributed by atoms with E-state index in [-0.39, 0.29) is 28.7 Å². The summed E-state index contributed by atoms with van der Waals surface area (Å²) >= 11 is 5.93. The average Bonchev–Trinajstić information content (AvgIpc) is 2.43. The molecule has 8 heteroatoms. The number of carbonyl (C=O) groups excluding carboxylic acids is 2. The second-order valence-electron chi connectivity index (χ2n) is 4.67. The van der Waals surface area contributed by atoms with E-state index in [0.29, 0.717) is 13.1 Å². The van der Waals surface area contributed by atoms with Gasteiger partial charge in [0.15, 0.2) is 0 Å². The van der Waals surface area contributed by atoms with Crippen molar-refractivity contribution in [2.24, 2.45) is 0 Å². The van der Waals surface area contributed by atoms with Crippen LogP contribution in [0.5, 0.6) is 0 Å². The number of amides is 3. The Morgan fingerprint density at radius 3 is 2.67 bits per heavy atom. The summed E-state index contributed by atoms with van der Waals surface area (Å²) in [5.41, 5.74) is 0.220. The smallest absolute Gasteiger partial charge is 0.335 e. The van der Waals surface area contributed by atoms with Crippen LogP contribution in [-0.4, -0.2) is 59.5 Å². The fourth-order valence-electron chi connectivity index (χ4n) is 1.88. The van der Waals surface area contributed by atoms with E-state index in [1.165, 1.54) is 23.1 Å². The Balaban J connectivity index is 2.11. The molecular formula is C13H14ClN3O4. The van der Waals surface area contributed by atoms with Gasteiger partial charge in [-0.15, -0.1) is 0 Å². The van der Waals surface area contributed by atoms with E-state index >= 15 is 0 Å². The lowest BCUT2D eigenvalue weighted by atomic mass is 10.2. The summed E-state index contributed by atoms with van der Waals surface area (Å²) < 4.78 is 0. The first-order valence-corrected chi connectivity index (χ1v) is 6.59. The number of urea groups is 1. The molecule has 21 heavy (non-hydrogen) atoms. The van der Waals surface area contributed by atoms with Gasteiger partial charge in [-0.25, -0.2) is 9.59 Å². The number of carboxylic acid groups (broad SMARTS) is 1. The van der Waals surface area contributed by atoms with Gasteiger partial charge in [-0.2, -0.15) is 0 Å². The Kier molecular flexibility index (Phi) is 4.32. The number of carboxylic acids is 1. The molecule has 0 bridgehead atoms. The molecule has 0 spiro atoms. The molecule has 7 nitrogen and oxygen atoms in total. The van der Waals surface area contributed by atoms with Crippen molar-refractivity contribution in [1.29, 1.82) is 0 Å². The highest BCUT2D eigenvalue weighted by molar-refractivity contribution is 6.33. The number of nitrogens with one attached hydrogen (secondary N) is 1. The molecule has 1 saturated heterocycles. The van der Waals surface area contributed by atoms with E-state index in [0.717, 1.165) is 0 Å². The van der Waals surface area contributed by atoms with Crippen molar-refractivity contribution in [1.82, 2.24) is 9.80 Å². The van der Waals surface area contributed by atoms with Gasteiger partial charge in [0.05, 0.1) is 16.3 Å². The minimum absolute atomic E-state index is 0.0153. The fourth-order valence-corrected chi connectivity index (χ4v) is 2.04. The third-order valence-electron chi connectivity index (χ3n) is 3.20. The van der Waals surface area contributed by atoms with E-state index in [4.69, 9.17) is 16.7 Å². The van der Waals surface area contributed by atoms with Crippen LogP contribution in [-0.2, 0) is 4.79 Å². The Labute approximate surface area is 126 Å². The standard InChI is InChI=1S/C13H14ClN3O4/c1-16-4-5-17(7-11(16)18)13(21)15-10-6-8(12(19)20)2-3-9(10)14/h2-3,6H,4-5,7H2,1H3,(H,15,21)(H,19,20). The highest BCUT2D eigenvalue weighted by Gasteiger charge is 2.25. The number of hydrogen-bond acceptors (Lipinski definition) is 3. The lowest BCUT2D eigenvalue weighted by Gasteiger charge is -2.32. The van der Waals surface area contributed by atoms with Crippen molar-refractivity contribution in [3.63, 3.8) is 0 Å². The zero-order chi connectivity index (χ0) is 15.6. The Bertz CT molecular complexity index is 605. The quantitative estimate of drug-likeness (QED) is 0.862. The summed E-state index contributed by atoms with van der Waals surface area (Å²) in [7, 11) is 1.67. The van der Waals surface area contributed by atoms with Gasteiger partial charge in [0.1, 0.15) is 6.54 Å². The largest absolute Gasteiger partial charge is 0.478 e. The summed E-state index contributed by atoms with van der Waals surface area (Å²) in [5, 5.41) is 11.7. The third kappa shape index (κ3) is 3.43. The van der Waals surface area contributed by atoms with Gasteiger partial charge >= 0.3 is 12.0 Å². The lowest BCUT2D eigenvalue weighted by molar-refractivity contribution is -0.133. The van der Waals surface area contributed by atoms with Crippen molar-refractivity contribution in [3.8, 4) is 0 Å². The summed E-state index contributed by atoms with van der Waals surface area (Å²) in [5.74, 6) is -1.27. The molecule has 1 fully saturated rings. The van der Waals surface area contributed by atoms with Gasteiger partial charge in [0.25, 0.3) is 0 Å². The Morgan fingerprint density at radius 1 is 1.33 bits per heavy atom. The highest BCUT2D eigenvalue weighted by atomic mass is 35.5. The lowest BCUT2D eigenvalue weighted by Crippen LogP contribution is -2.51. The molecule has 0 saturated carbocycles. The predicted octanol–water partition coefficient (Wildman–Crippen LogP) is 1.34. The second-order valence-corrected chi connectivity index (χ2v) is 5.07. The molecule has 0 unspecified atom stereocenters. The fraction of sp³-hybridized carbons (Fsp3) is 0.308. The maximum absolute atomic E-state index is 12.1. The molecule has 0 aliphatic carbocycles. The monoisotopic (exact) mass is 311 g/mol. The van der Waals surface area contributed by atoms with Gasteiger partial charge in [-0.05, 0) is 18.2 Å². The molecule has 0 atom stereocenters. The van der Waals surface area contributed by atoms with Crippen molar-refractivity contribution >= 4 is 35.2 Å². The van der Waals surface area contributed by atoms with Crippen LogP contribution < -0.4 is 5.32 Å². The Hall–Kier alpha value is -2.28. The molecule has 0 aromatic heterocycles. The Morgan fingerprint density at radius 2 is 2.05 bits per heavy atom. The van der Waals surface area contributed by atoms with Crippen molar-refractivity contribution in [3.05, 3.63) is 28.8 Å². The molecule has 1 aromatic rings. The molecular weight excluding hydrogens is 298 g/mol. The van der Waals surface area contributed by atoms with Gasteiger partial charge in [0, 0.05) is 20.1 Å². The molecule has 1 heterocycles. The molecule has 3 amide bonds. The summed E-state index contributed by atoms with van der Waals surface area (Å²) in [6.45, 7) is 0.845. The number of benzene rings is 1. The van der Waals surface area contributed by atoms with Crippen LogP contribution >= 0.6 is 11.6 Å². The number of likely N-dealkylation sites (N-methyl/N-ethyl adjacent to an activating group) is 1. The zero-order valence-electron chi connectivity index (χ0n) is 11.3. The first-order valence-electron chi connectivity index (χ1n) is 6.21. The van der Waals surface area contributed by atoms with E-state index < -0.39 is 12.0 Å². The van der Waals surface area contributed by atoms with Crippen LogP contribution in [0.3, 0.4) is 0 Å². The first kappa shape index (κ1) is 15.1. The maximum Gasteiger partial charge on any atom is 0.335 e. The molecule has 0 radical (unpaired) electrons. The normalized spacial score (nSPS) is 15.0. The minimum Gasteiger partial charge on any atom is -0.478 e. The van der Waals surface area contributed by atoms with Gasteiger partial charge in [0.2, 0.25) is 5.91 Å². The predicted molar refractivity (Wildman–Crippen MR) is 76.6 cm³/mol. The van der Waals surface area contributed by atoms with E-state index in [1.54, 1.807) is 11.9 Å². The molecule has 2 N–H and O–H groups in total. The van der Waals surface area contributed by atoms with Crippen molar-refractivity contribution in [2.75, 3.05) is 32.0 Å². The third-order valence-corrected chi connectivity index (χ3v) is 3.53. The van der Waals surface area contributed by atoms with Gasteiger partial charge in [-0.3, -0.25) is 4.79 Å². The molecule has 112 valence electrons. The van der Waals surface area contributed by atoms with Crippen molar-refractivity contribution in [2.45, 2.75) is 0 Å². The summed E-state index contributed by atoms with van der Waals surface area (Å²) in [4.78, 5) is 37.5. The number of aromatic carboxylic acids is 1. The zero-order valence-corrected chi connectivity index (χ0v) is 12.1. The number of hydrogen-bond donors (Lipinski definition) is 2. The SMILES string of the molecule is CN1CCN(C(=O)Nc2cc(C(=O)O)ccc2Cl)CC1=O. The maximum atomic E-state index is 12.1. The van der Waals surface area contributed by atoms with Crippen LogP contribution in [0.25, 0.3) is 0 Å². The topological polar surface area (TPSA) is 89.9 Å². The van der Waals surface area contributed by atoms with Crippen LogP contribution in [0, 0.1) is 0 Å². The van der Waals surface area contributed by atoms with Crippen molar-refractivity contribution < 1.29 is 19.5 Å². The van der Waals surface area contributed by atoms with Gasteiger partial charge < -0.3 is 20.2 Å². The summed E-state index contributed by atoms with van der Waals surface area (Å²) in [6, 6.07) is 3.54. The minimum atomic E-state index is -1.11. The van der Waals surface area contributed by atoms with Crippen LogP contribution in [0.1, 0.15) is 10.4 Å². The number of halogens is 1. The van der Waals surface area contributed by atoms with E-state index in [2.05, 4.69) is 5.32 Å². The first-order chi connectivity index (χ1) is 9.88. The number of anilines is 1. The number of piperazine rings is 1. The molecule has 1 aromatic carbocycles.